The quantitative estimate of drug-likeness (QED) is 0.318. The van der Waals surface area contributed by atoms with Crippen LogP contribution < -0.4 is 5.01 Å². The second kappa shape index (κ2) is 7.56. The van der Waals surface area contributed by atoms with Crippen LogP contribution in [0.1, 0.15) is 11.5 Å². The van der Waals surface area contributed by atoms with Crippen molar-refractivity contribution >= 4 is 43.8 Å². The van der Waals surface area contributed by atoms with Crippen molar-refractivity contribution in [3.05, 3.63) is 93.1 Å². The predicted octanol–water partition coefficient (Wildman–Crippen LogP) is 6.55. The van der Waals surface area contributed by atoms with Crippen molar-refractivity contribution in [1.29, 1.82) is 0 Å². The number of nitrogens with zero attached hydrogens (tertiary/aromatic N) is 3. The molecule has 5 nitrogen and oxygen atoms in total. The molecule has 0 aliphatic carbocycles. The number of hydrogen-bond donors (Lipinski definition) is 0. The molecule has 0 spiro atoms. The Bertz CT molecular complexity index is 1210. The molecule has 0 radical (unpaired) electrons. The van der Waals surface area contributed by atoms with Crippen molar-refractivity contribution in [3.63, 3.8) is 0 Å². The molecule has 152 valence electrons. The van der Waals surface area contributed by atoms with E-state index in [0.717, 1.165) is 14.9 Å². The first kappa shape index (κ1) is 20.1. The third-order valence-corrected chi connectivity index (χ3v) is 5.47. The largest absolute Gasteiger partial charge is 0.432 e. The van der Waals surface area contributed by atoms with Crippen LogP contribution >= 0.6 is 15.9 Å². The van der Waals surface area contributed by atoms with Crippen molar-refractivity contribution < 1.29 is 18.1 Å². The Morgan fingerprint density at radius 2 is 1.67 bits per heavy atom. The third-order valence-electron chi connectivity index (χ3n) is 4.78. The normalized spacial score (nSPS) is 16.6. The highest BCUT2D eigenvalue weighted by Crippen LogP contribution is 2.39. The molecule has 0 saturated carbocycles. The monoisotopic (exact) mass is 475 g/mol. The van der Waals surface area contributed by atoms with E-state index in [2.05, 4.69) is 21.0 Å². The molecule has 0 saturated heterocycles. The number of hydrogen-bond acceptors (Lipinski definition) is 4. The van der Waals surface area contributed by atoms with Gasteiger partial charge in [-0.1, -0.05) is 64.5 Å². The van der Waals surface area contributed by atoms with E-state index in [1.54, 1.807) is 24.3 Å². The van der Waals surface area contributed by atoms with Gasteiger partial charge in [0.05, 0.1) is 16.5 Å². The molecule has 3 aromatic carbocycles. The summed E-state index contributed by atoms with van der Waals surface area (Å²) in [5, 5.41) is 17.9. The lowest BCUT2D eigenvalue weighted by atomic mass is 9.91. The summed E-state index contributed by atoms with van der Waals surface area (Å²) in [5.41, 5.74) is -1.10. The molecule has 1 aliphatic rings. The molecule has 3 aromatic rings. The number of allylic oxidation sites excluding steroid dienone is 1. The highest BCUT2D eigenvalue weighted by molar-refractivity contribution is 9.10. The molecule has 1 atom stereocenters. The van der Waals surface area contributed by atoms with Gasteiger partial charge in [0.25, 0.3) is 5.69 Å². The van der Waals surface area contributed by atoms with Gasteiger partial charge in [-0.2, -0.15) is 18.3 Å². The summed E-state index contributed by atoms with van der Waals surface area (Å²) in [6, 6.07) is 16.1. The zero-order chi connectivity index (χ0) is 21.5. The van der Waals surface area contributed by atoms with E-state index >= 15 is 0 Å². The highest BCUT2D eigenvalue weighted by Gasteiger charge is 2.44. The molecule has 1 heterocycles. The fourth-order valence-electron chi connectivity index (χ4n) is 3.45. The number of nitro groups is 1. The number of fused-ring (bicyclic) bond motifs is 1. The van der Waals surface area contributed by atoms with Crippen LogP contribution in [0.4, 0.5) is 24.5 Å². The first-order valence-corrected chi connectivity index (χ1v) is 9.60. The van der Waals surface area contributed by atoms with Crippen molar-refractivity contribution in [1.82, 2.24) is 0 Å². The fourth-order valence-corrected chi connectivity index (χ4v) is 3.93. The van der Waals surface area contributed by atoms with E-state index in [-0.39, 0.29) is 11.3 Å². The van der Waals surface area contributed by atoms with E-state index in [1.807, 2.05) is 12.1 Å². The van der Waals surface area contributed by atoms with Gasteiger partial charge in [0.15, 0.2) is 5.71 Å². The lowest BCUT2D eigenvalue weighted by molar-refractivity contribution is -0.385. The summed E-state index contributed by atoms with van der Waals surface area (Å²) in [7, 11) is 0. The van der Waals surface area contributed by atoms with E-state index < -0.39 is 22.7 Å². The Morgan fingerprint density at radius 3 is 2.37 bits per heavy atom. The van der Waals surface area contributed by atoms with E-state index in [1.165, 1.54) is 36.5 Å². The standard InChI is InChI=1S/C21H13BrF3N3O2/c22-17-9-10-18(14-6-2-1-5-13(14)17)27-12-11-16(20(26-27)21(23,24)25)15-7-3-4-8-19(15)28(29)30/h1-12,16H. The Kier molecular flexibility index (Phi) is 5.07. The molecule has 0 fully saturated rings. The summed E-state index contributed by atoms with van der Waals surface area (Å²) < 4.78 is 42.5. The summed E-state index contributed by atoms with van der Waals surface area (Å²) >= 11 is 3.44. The van der Waals surface area contributed by atoms with Gasteiger partial charge < -0.3 is 0 Å². The minimum absolute atomic E-state index is 0.0601. The van der Waals surface area contributed by atoms with Crippen LogP contribution in [0.15, 0.2) is 82.5 Å². The van der Waals surface area contributed by atoms with Crippen LogP contribution in [0, 0.1) is 10.1 Å². The van der Waals surface area contributed by atoms with Gasteiger partial charge in [0.2, 0.25) is 0 Å². The van der Waals surface area contributed by atoms with Crippen LogP contribution in [-0.4, -0.2) is 16.8 Å². The van der Waals surface area contributed by atoms with Crippen LogP contribution in [-0.2, 0) is 0 Å². The maximum Gasteiger partial charge on any atom is 0.432 e. The van der Waals surface area contributed by atoms with Gasteiger partial charge in [-0.05, 0) is 17.5 Å². The molecule has 0 amide bonds. The average Bonchev–Trinajstić information content (AvgIpc) is 2.73. The zero-order valence-corrected chi connectivity index (χ0v) is 16.8. The average molecular weight is 476 g/mol. The molecule has 30 heavy (non-hydrogen) atoms. The number of benzene rings is 3. The molecule has 1 aliphatic heterocycles. The molecule has 9 heteroatoms. The minimum Gasteiger partial charge on any atom is -0.258 e. The second-order valence-corrected chi connectivity index (χ2v) is 7.43. The summed E-state index contributed by atoms with van der Waals surface area (Å²) in [6.45, 7) is 0. The van der Waals surface area contributed by atoms with Gasteiger partial charge in [0, 0.05) is 27.7 Å². The number of halogens is 4. The third kappa shape index (κ3) is 3.56. The lowest BCUT2D eigenvalue weighted by Gasteiger charge is -2.27. The number of para-hydroxylation sites is 1. The SMILES string of the molecule is O=[N+]([O-])c1ccccc1C1C=CN(c2ccc(Br)c3ccccc23)N=C1C(F)(F)F. The van der Waals surface area contributed by atoms with Gasteiger partial charge >= 0.3 is 6.18 Å². The van der Waals surface area contributed by atoms with E-state index in [9.17, 15) is 23.3 Å². The topological polar surface area (TPSA) is 58.7 Å². The maximum atomic E-state index is 13.9. The van der Waals surface area contributed by atoms with Crippen LogP contribution in [0.5, 0.6) is 0 Å². The Hall–Kier alpha value is -3.20. The Balaban J connectivity index is 1.85. The summed E-state index contributed by atoms with van der Waals surface area (Å²) in [6.07, 6.45) is -2.08. The summed E-state index contributed by atoms with van der Waals surface area (Å²) in [4.78, 5) is 10.6. The molecule has 0 bridgehead atoms. The first-order valence-electron chi connectivity index (χ1n) is 8.81. The molecule has 0 aromatic heterocycles. The van der Waals surface area contributed by atoms with Gasteiger partial charge in [0.1, 0.15) is 0 Å². The molecular formula is C21H13BrF3N3O2. The number of anilines is 1. The molecule has 0 N–H and O–H groups in total. The molecule has 1 unspecified atom stereocenters. The van der Waals surface area contributed by atoms with Gasteiger partial charge in [-0.3, -0.25) is 10.1 Å². The van der Waals surface area contributed by atoms with E-state index in [4.69, 9.17) is 0 Å². The predicted molar refractivity (Wildman–Crippen MR) is 113 cm³/mol. The van der Waals surface area contributed by atoms with Crippen LogP contribution in [0.2, 0.25) is 0 Å². The Morgan fingerprint density at radius 1 is 1.00 bits per heavy atom. The molecular weight excluding hydrogens is 463 g/mol. The summed E-state index contributed by atoms with van der Waals surface area (Å²) in [5.74, 6) is -1.38. The van der Waals surface area contributed by atoms with Crippen molar-refractivity contribution in [3.8, 4) is 0 Å². The number of hydrazone groups is 1. The number of rotatable bonds is 3. The minimum atomic E-state index is -4.78. The molecule has 4 rings (SSSR count). The van der Waals surface area contributed by atoms with E-state index in [0.29, 0.717) is 11.1 Å². The second-order valence-electron chi connectivity index (χ2n) is 6.57. The maximum absolute atomic E-state index is 13.9. The van der Waals surface area contributed by atoms with Crippen LogP contribution in [0.3, 0.4) is 0 Å². The Labute approximate surface area is 177 Å². The number of alkyl halides is 3. The highest BCUT2D eigenvalue weighted by atomic mass is 79.9. The van der Waals surface area contributed by atoms with Crippen molar-refractivity contribution in [2.45, 2.75) is 12.1 Å². The van der Waals surface area contributed by atoms with Gasteiger partial charge in [-0.25, -0.2) is 5.01 Å². The smallest absolute Gasteiger partial charge is 0.258 e. The van der Waals surface area contributed by atoms with Crippen LogP contribution in [0.25, 0.3) is 10.8 Å². The zero-order valence-electron chi connectivity index (χ0n) is 15.2. The van der Waals surface area contributed by atoms with Crippen molar-refractivity contribution in [2.75, 3.05) is 5.01 Å². The van der Waals surface area contributed by atoms with Crippen molar-refractivity contribution in [2.24, 2.45) is 5.10 Å². The first-order chi connectivity index (χ1) is 14.3. The van der Waals surface area contributed by atoms with Gasteiger partial charge in [-0.15, -0.1) is 0 Å². The lowest BCUT2D eigenvalue weighted by Crippen LogP contribution is -2.34. The fraction of sp³-hybridized carbons (Fsp3) is 0.0952. The number of nitro benzene ring substituents is 1.